The molecule has 3 nitrogen and oxygen atoms in total. The van der Waals surface area contributed by atoms with Crippen molar-refractivity contribution in [2.75, 3.05) is 45.8 Å². The molecule has 0 saturated carbocycles. The molecule has 13 heavy (non-hydrogen) atoms. The summed E-state index contributed by atoms with van der Waals surface area (Å²) in [5, 5.41) is 8.78. The SMILES string of the molecule is COCCN(CCO)CCCCCl. The highest BCUT2D eigenvalue weighted by Crippen LogP contribution is 1.96. The second-order valence-corrected chi connectivity index (χ2v) is 3.33. The number of nitrogens with zero attached hydrogens (tertiary/aromatic N) is 1. The Kier molecular flexibility index (Phi) is 10.4. The molecule has 0 bridgehead atoms. The van der Waals surface area contributed by atoms with Crippen molar-refractivity contribution in [2.24, 2.45) is 0 Å². The van der Waals surface area contributed by atoms with Crippen molar-refractivity contribution in [1.29, 1.82) is 0 Å². The van der Waals surface area contributed by atoms with Crippen molar-refractivity contribution < 1.29 is 9.84 Å². The number of aliphatic hydroxyl groups is 1. The highest BCUT2D eigenvalue weighted by Gasteiger charge is 2.02. The van der Waals surface area contributed by atoms with Crippen molar-refractivity contribution in [3.05, 3.63) is 0 Å². The van der Waals surface area contributed by atoms with Gasteiger partial charge >= 0.3 is 0 Å². The molecule has 0 saturated heterocycles. The monoisotopic (exact) mass is 209 g/mol. The molecule has 0 aliphatic heterocycles. The molecular formula is C9H20ClNO2. The number of rotatable bonds is 9. The average Bonchev–Trinajstić information content (AvgIpc) is 2.14. The minimum atomic E-state index is 0.213. The predicted molar refractivity (Wildman–Crippen MR) is 55.4 cm³/mol. The van der Waals surface area contributed by atoms with Crippen LogP contribution in [-0.4, -0.2) is 55.8 Å². The molecule has 0 aliphatic rings. The summed E-state index contributed by atoms with van der Waals surface area (Å²) in [6.45, 7) is 3.55. The number of alkyl halides is 1. The van der Waals surface area contributed by atoms with Gasteiger partial charge in [0.05, 0.1) is 13.2 Å². The summed E-state index contributed by atoms with van der Waals surface area (Å²) in [5.41, 5.74) is 0. The van der Waals surface area contributed by atoms with Gasteiger partial charge < -0.3 is 9.84 Å². The van der Waals surface area contributed by atoms with E-state index in [0.717, 1.165) is 45.0 Å². The zero-order valence-electron chi connectivity index (χ0n) is 8.34. The Balaban J connectivity index is 3.41. The lowest BCUT2D eigenvalue weighted by molar-refractivity contribution is 0.130. The van der Waals surface area contributed by atoms with Crippen LogP contribution >= 0.6 is 11.6 Å². The van der Waals surface area contributed by atoms with Gasteiger partial charge in [-0.25, -0.2) is 0 Å². The van der Waals surface area contributed by atoms with Crippen molar-refractivity contribution in [3.63, 3.8) is 0 Å². The minimum absolute atomic E-state index is 0.213. The van der Waals surface area contributed by atoms with Gasteiger partial charge in [-0.15, -0.1) is 11.6 Å². The van der Waals surface area contributed by atoms with Gasteiger partial charge in [0, 0.05) is 26.1 Å². The fourth-order valence-corrected chi connectivity index (χ4v) is 1.32. The first-order valence-corrected chi connectivity index (χ1v) is 5.26. The van der Waals surface area contributed by atoms with Crippen LogP contribution in [0.25, 0.3) is 0 Å². The second kappa shape index (κ2) is 10.3. The summed E-state index contributed by atoms with van der Waals surface area (Å²) < 4.78 is 4.98. The first-order valence-electron chi connectivity index (χ1n) is 4.73. The molecule has 0 rings (SSSR count). The van der Waals surface area contributed by atoms with Gasteiger partial charge in [-0.1, -0.05) is 0 Å². The van der Waals surface area contributed by atoms with E-state index in [0.29, 0.717) is 0 Å². The number of ether oxygens (including phenoxy) is 1. The van der Waals surface area contributed by atoms with E-state index in [4.69, 9.17) is 21.4 Å². The number of methoxy groups -OCH3 is 1. The van der Waals surface area contributed by atoms with Gasteiger partial charge in [0.1, 0.15) is 0 Å². The number of halogens is 1. The molecule has 0 unspecified atom stereocenters. The van der Waals surface area contributed by atoms with Crippen molar-refractivity contribution in [2.45, 2.75) is 12.8 Å². The van der Waals surface area contributed by atoms with Crippen LogP contribution in [0.4, 0.5) is 0 Å². The first kappa shape index (κ1) is 13.2. The third kappa shape index (κ3) is 8.50. The van der Waals surface area contributed by atoms with E-state index in [-0.39, 0.29) is 6.61 Å². The van der Waals surface area contributed by atoms with E-state index in [2.05, 4.69) is 4.90 Å². The fourth-order valence-electron chi connectivity index (χ4n) is 1.13. The summed E-state index contributed by atoms with van der Waals surface area (Å²) in [6.07, 6.45) is 2.13. The van der Waals surface area contributed by atoms with Crippen LogP contribution in [0.5, 0.6) is 0 Å². The molecular weight excluding hydrogens is 190 g/mol. The standard InChI is InChI=1S/C9H20ClNO2/c1-13-9-7-11(6-8-12)5-3-2-4-10/h12H,2-9H2,1H3. The van der Waals surface area contributed by atoms with Gasteiger partial charge in [0.15, 0.2) is 0 Å². The van der Waals surface area contributed by atoms with Crippen LogP contribution in [-0.2, 0) is 4.74 Å². The lowest BCUT2D eigenvalue weighted by Crippen LogP contribution is -2.31. The largest absolute Gasteiger partial charge is 0.395 e. The maximum atomic E-state index is 8.78. The molecule has 0 radical (unpaired) electrons. The summed E-state index contributed by atoms with van der Waals surface area (Å²) in [4.78, 5) is 2.19. The van der Waals surface area contributed by atoms with E-state index >= 15 is 0 Å². The van der Waals surface area contributed by atoms with Crippen LogP contribution in [0.3, 0.4) is 0 Å². The minimum Gasteiger partial charge on any atom is -0.395 e. The summed E-state index contributed by atoms with van der Waals surface area (Å²) in [7, 11) is 1.69. The molecule has 0 fully saturated rings. The van der Waals surface area contributed by atoms with E-state index in [1.807, 2.05) is 0 Å². The quantitative estimate of drug-likeness (QED) is 0.453. The lowest BCUT2D eigenvalue weighted by atomic mass is 10.3. The number of hydrogen-bond donors (Lipinski definition) is 1. The fraction of sp³-hybridized carbons (Fsp3) is 1.00. The van der Waals surface area contributed by atoms with E-state index in [1.165, 1.54) is 0 Å². The van der Waals surface area contributed by atoms with Crippen LogP contribution in [0.1, 0.15) is 12.8 Å². The van der Waals surface area contributed by atoms with E-state index in [1.54, 1.807) is 7.11 Å². The number of unbranched alkanes of at least 4 members (excludes halogenated alkanes) is 1. The van der Waals surface area contributed by atoms with Crippen LogP contribution in [0.2, 0.25) is 0 Å². The number of aliphatic hydroxyl groups excluding tert-OH is 1. The lowest BCUT2D eigenvalue weighted by Gasteiger charge is -2.20. The second-order valence-electron chi connectivity index (χ2n) is 2.95. The zero-order valence-corrected chi connectivity index (χ0v) is 9.09. The molecule has 0 heterocycles. The Morgan fingerprint density at radius 2 is 2.00 bits per heavy atom. The van der Waals surface area contributed by atoms with Gasteiger partial charge in [0.25, 0.3) is 0 Å². The highest BCUT2D eigenvalue weighted by molar-refractivity contribution is 6.17. The Bertz CT molecular complexity index is 104. The normalized spacial score (nSPS) is 11.1. The van der Waals surface area contributed by atoms with E-state index in [9.17, 15) is 0 Å². The zero-order chi connectivity index (χ0) is 9.94. The molecule has 80 valence electrons. The van der Waals surface area contributed by atoms with Crippen molar-refractivity contribution in [3.8, 4) is 0 Å². The molecule has 4 heteroatoms. The highest BCUT2D eigenvalue weighted by atomic mass is 35.5. The van der Waals surface area contributed by atoms with Crippen molar-refractivity contribution >= 4 is 11.6 Å². The third-order valence-corrected chi connectivity index (χ3v) is 2.15. The van der Waals surface area contributed by atoms with Crippen LogP contribution < -0.4 is 0 Å². The molecule has 0 aromatic heterocycles. The topological polar surface area (TPSA) is 32.7 Å². The van der Waals surface area contributed by atoms with E-state index < -0.39 is 0 Å². The average molecular weight is 210 g/mol. The predicted octanol–water partition coefficient (Wildman–Crippen LogP) is 0.946. The Morgan fingerprint density at radius 1 is 1.23 bits per heavy atom. The Labute approximate surface area is 85.6 Å². The third-order valence-electron chi connectivity index (χ3n) is 1.89. The van der Waals surface area contributed by atoms with Crippen molar-refractivity contribution in [1.82, 2.24) is 4.90 Å². The summed E-state index contributed by atoms with van der Waals surface area (Å²) in [6, 6.07) is 0. The molecule has 0 spiro atoms. The Morgan fingerprint density at radius 3 is 2.54 bits per heavy atom. The number of hydrogen-bond acceptors (Lipinski definition) is 3. The van der Waals surface area contributed by atoms with Gasteiger partial charge in [0.2, 0.25) is 0 Å². The molecule has 0 aromatic carbocycles. The molecule has 0 atom stereocenters. The van der Waals surface area contributed by atoms with Gasteiger partial charge in [-0.05, 0) is 19.4 Å². The summed E-state index contributed by atoms with van der Waals surface area (Å²) >= 11 is 5.57. The van der Waals surface area contributed by atoms with Gasteiger partial charge in [-0.2, -0.15) is 0 Å². The molecule has 0 aromatic rings. The molecule has 1 N–H and O–H groups in total. The Hall–Kier alpha value is 0.170. The smallest absolute Gasteiger partial charge is 0.0589 e. The maximum absolute atomic E-state index is 8.78. The summed E-state index contributed by atoms with van der Waals surface area (Å²) in [5.74, 6) is 0.719. The molecule has 0 amide bonds. The molecule has 0 aliphatic carbocycles. The van der Waals surface area contributed by atoms with Gasteiger partial charge in [-0.3, -0.25) is 4.90 Å². The maximum Gasteiger partial charge on any atom is 0.0589 e. The first-order chi connectivity index (χ1) is 6.35. The van der Waals surface area contributed by atoms with Crippen LogP contribution in [0.15, 0.2) is 0 Å². The van der Waals surface area contributed by atoms with Crippen LogP contribution in [0, 0.1) is 0 Å².